The van der Waals surface area contributed by atoms with Gasteiger partial charge >= 0.3 is 0 Å². The number of hydrogen-bond acceptors (Lipinski definition) is 4. The van der Waals surface area contributed by atoms with Gasteiger partial charge in [-0.05, 0) is 29.5 Å². The van der Waals surface area contributed by atoms with Gasteiger partial charge < -0.3 is 0 Å². The highest BCUT2D eigenvalue weighted by Gasteiger charge is 2.11. The number of aromatic nitrogens is 5. The topological polar surface area (TPSA) is 56.5 Å². The van der Waals surface area contributed by atoms with Crippen LogP contribution in [0.1, 0.15) is 5.56 Å². The molecule has 0 aliphatic rings. The van der Waals surface area contributed by atoms with Crippen molar-refractivity contribution in [1.29, 1.82) is 0 Å². The lowest BCUT2D eigenvalue weighted by Gasteiger charge is -2.05. The van der Waals surface area contributed by atoms with E-state index < -0.39 is 0 Å². The number of fused-ring (bicyclic) bond motifs is 1. The summed E-state index contributed by atoms with van der Waals surface area (Å²) in [6.07, 6.45) is 0. The van der Waals surface area contributed by atoms with Crippen LogP contribution in [0.25, 0.3) is 22.3 Å². The van der Waals surface area contributed by atoms with Gasteiger partial charge in [0.05, 0.1) is 17.1 Å². The fourth-order valence-electron chi connectivity index (χ4n) is 2.46. The summed E-state index contributed by atoms with van der Waals surface area (Å²) >= 11 is 12.5. The van der Waals surface area contributed by atoms with E-state index in [0.29, 0.717) is 22.5 Å². The molecule has 0 radical (unpaired) electrons. The van der Waals surface area contributed by atoms with E-state index in [4.69, 9.17) is 23.2 Å². The first-order valence-electron chi connectivity index (χ1n) is 7.27. The first kappa shape index (κ1) is 15.1. The van der Waals surface area contributed by atoms with E-state index in [0.717, 1.165) is 22.0 Å². The molecule has 0 fully saturated rings. The smallest absolute Gasteiger partial charge is 0.206 e. The molecule has 118 valence electrons. The minimum absolute atomic E-state index is 0.383. The molecular formula is C17H11Cl2N5. The number of hydrogen-bond donors (Lipinski definition) is 0. The molecule has 4 rings (SSSR count). The minimum atomic E-state index is 0.383. The lowest BCUT2D eigenvalue weighted by Crippen LogP contribution is -2.05. The Morgan fingerprint density at radius 3 is 2.62 bits per heavy atom. The summed E-state index contributed by atoms with van der Waals surface area (Å²) in [5.74, 6) is 0.477. The maximum Gasteiger partial charge on any atom is 0.206 e. The Morgan fingerprint density at radius 2 is 1.75 bits per heavy atom. The molecule has 0 saturated carbocycles. The van der Waals surface area contributed by atoms with E-state index in [9.17, 15) is 0 Å². The van der Waals surface area contributed by atoms with Crippen molar-refractivity contribution < 1.29 is 0 Å². The molecule has 0 atom stereocenters. The van der Waals surface area contributed by atoms with E-state index in [1.165, 1.54) is 4.80 Å². The largest absolute Gasteiger partial charge is 0.236 e. The van der Waals surface area contributed by atoms with Crippen LogP contribution in [0.4, 0.5) is 0 Å². The molecule has 2 heterocycles. The van der Waals surface area contributed by atoms with Crippen molar-refractivity contribution in [3.8, 4) is 11.4 Å². The average Bonchev–Trinajstić information content (AvgIpc) is 3.04. The Balaban J connectivity index is 1.67. The first-order valence-corrected chi connectivity index (χ1v) is 8.03. The van der Waals surface area contributed by atoms with E-state index in [1.807, 2.05) is 48.5 Å². The predicted molar refractivity (Wildman–Crippen MR) is 94.1 cm³/mol. The van der Waals surface area contributed by atoms with Gasteiger partial charge in [-0.15, -0.1) is 10.2 Å². The highest BCUT2D eigenvalue weighted by atomic mass is 35.5. The van der Waals surface area contributed by atoms with Crippen molar-refractivity contribution in [1.82, 2.24) is 25.2 Å². The third kappa shape index (κ3) is 2.84. The fourth-order valence-corrected chi connectivity index (χ4v) is 2.89. The summed E-state index contributed by atoms with van der Waals surface area (Å²) in [7, 11) is 0. The van der Waals surface area contributed by atoms with Gasteiger partial charge in [0.2, 0.25) is 5.82 Å². The standard InChI is InChI=1S/C17H11Cl2N5/c18-14-7-3-2-6-13(14)17-21-23-24(22-17)10-12-9-11-5-1-4-8-15(11)20-16(12)19/h1-9H,10H2. The maximum atomic E-state index is 6.28. The number of benzene rings is 2. The Kier molecular flexibility index (Phi) is 3.88. The van der Waals surface area contributed by atoms with Gasteiger partial charge in [0.25, 0.3) is 0 Å². The van der Waals surface area contributed by atoms with Crippen LogP contribution in [0.3, 0.4) is 0 Å². The summed E-state index contributed by atoms with van der Waals surface area (Å²) < 4.78 is 0. The molecule has 0 aliphatic heterocycles. The van der Waals surface area contributed by atoms with Crippen LogP contribution in [-0.2, 0) is 6.54 Å². The van der Waals surface area contributed by atoms with Gasteiger partial charge in [0.1, 0.15) is 5.15 Å². The maximum absolute atomic E-state index is 6.28. The number of para-hydroxylation sites is 1. The Bertz CT molecular complexity index is 1030. The molecular weight excluding hydrogens is 345 g/mol. The lowest BCUT2D eigenvalue weighted by atomic mass is 10.1. The summed E-state index contributed by atoms with van der Waals surface area (Å²) in [5.41, 5.74) is 2.43. The third-order valence-corrected chi connectivity index (χ3v) is 4.29. The second-order valence-corrected chi connectivity index (χ2v) is 6.02. The van der Waals surface area contributed by atoms with Crippen molar-refractivity contribution in [3.63, 3.8) is 0 Å². The normalized spacial score (nSPS) is 11.1. The monoisotopic (exact) mass is 355 g/mol. The second kappa shape index (κ2) is 6.19. The fraction of sp³-hybridized carbons (Fsp3) is 0.0588. The van der Waals surface area contributed by atoms with Gasteiger partial charge in [-0.1, -0.05) is 53.5 Å². The van der Waals surface area contributed by atoms with E-state index in [1.54, 1.807) is 6.07 Å². The third-order valence-electron chi connectivity index (χ3n) is 3.63. The van der Waals surface area contributed by atoms with E-state index in [2.05, 4.69) is 20.4 Å². The quantitative estimate of drug-likeness (QED) is 0.515. The first-order chi connectivity index (χ1) is 11.7. The molecule has 0 bridgehead atoms. The zero-order valence-electron chi connectivity index (χ0n) is 12.4. The summed E-state index contributed by atoms with van der Waals surface area (Å²) in [5, 5.41) is 14.6. The molecule has 5 nitrogen and oxygen atoms in total. The average molecular weight is 356 g/mol. The molecule has 2 aromatic heterocycles. The van der Waals surface area contributed by atoms with Crippen LogP contribution in [-0.4, -0.2) is 25.2 Å². The molecule has 0 unspecified atom stereocenters. The zero-order valence-corrected chi connectivity index (χ0v) is 13.9. The molecule has 24 heavy (non-hydrogen) atoms. The van der Waals surface area contributed by atoms with Crippen LogP contribution in [0.2, 0.25) is 10.2 Å². The molecule has 7 heteroatoms. The van der Waals surface area contributed by atoms with Crippen LogP contribution >= 0.6 is 23.2 Å². The molecule has 0 N–H and O–H groups in total. The van der Waals surface area contributed by atoms with Crippen molar-refractivity contribution in [3.05, 3.63) is 70.3 Å². The Morgan fingerprint density at radius 1 is 0.958 bits per heavy atom. The van der Waals surface area contributed by atoms with Crippen LogP contribution in [0.15, 0.2) is 54.6 Å². The summed E-state index contributed by atoms with van der Waals surface area (Å²) in [6, 6.07) is 17.2. The van der Waals surface area contributed by atoms with Crippen molar-refractivity contribution in [2.24, 2.45) is 0 Å². The SMILES string of the molecule is Clc1ccccc1-c1nnn(Cc2cc3ccccc3nc2Cl)n1. The molecule has 0 amide bonds. The lowest BCUT2D eigenvalue weighted by molar-refractivity contribution is 0.572. The zero-order chi connectivity index (χ0) is 16.5. The van der Waals surface area contributed by atoms with E-state index >= 15 is 0 Å². The number of halogens is 2. The summed E-state index contributed by atoms with van der Waals surface area (Å²) in [6.45, 7) is 0.383. The van der Waals surface area contributed by atoms with Crippen LogP contribution in [0, 0.1) is 0 Å². The molecule has 2 aromatic carbocycles. The number of tetrazole rings is 1. The minimum Gasteiger partial charge on any atom is -0.236 e. The molecule has 0 saturated heterocycles. The van der Waals surface area contributed by atoms with Crippen molar-refractivity contribution in [2.45, 2.75) is 6.54 Å². The number of rotatable bonds is 3. The predicted octanol–water partition coefficient (Wildman–Crippen LogP) is 4.24. The van der Waals surface area contributed by atoms with Gasteiger partial charge in [-0.25, -0.2) is 4.98 Å². The number of pyridine rings is 1. The van der Waals surface area contributed by atoms with Crippen molar-refractivity contribution >= 4 is 34.1 Å². The highest BCUT2D eigenvalue weighted by molar-refractivity contribution is 6.33. The van der Waals surface area contributed by atoms with Crippen LogP contribution < -0.4 is 0 Å². The van der Waals surface area contributed by atoms with Gasteiger partial charge in [-0.3, -0.25) is 0 Å². The second-order valence-electron chi connectivity index (χ2n) is 5.25. The number of nitrogens with zero attached hydrogens (tertiary/aromatic N) is 5. The highest BCUT2D eigenvalue weighted by Crippen LogP contribution is 2.24. The summed E-state index contributed by atoms with van der Waals surface area (Å²) in [4.78, 5) is 5.89. The molecule has 0 aliphatic carbocycles. The van der Waals surface area contributed by atoms with Gasteiger partial charge in [-0.2, -0.15) is 4.80 Å². The Hall–Kier alpha value is -2.50. The van der Waals surface area contributed by atoms with Crippen LogP contribution in [0.5, 0.6) is 0 Å². The van der Waals surface area contributed by atoms with E-state index in [-0.39, 0.29) is 0 Å². The Labute approximate surface area is 147 Å². The molecule has 4 aromatic rings. The van der Waals surface area contributed by atoms with Gasteiger partial charge in [0, 0.05) is 16.5 Å². The molecule has 0 spiro atoms. The van der Waals surface area contributed by atoms with Gasteiger partial charge in [0.15, 0.2) is 0 Å². The van der Waals surface area contributed by atoms with Crippen molar-refractivity contribution in [2.75, 3.05) is 0 Å².